The zero-order chi connectivity index (χ0) is 27.7. The molecule has 2 saturated heterocycles. The molecule has 0 N–H and O–H groups in total. The summed E-state index contributed by atoms with van der Waals surface area (Å²) in [6.45, 7) is 4.65. The molecule has 3 aromatic rings. The van der Waals surface area contributed by atoms with E-state index in [4.69, 9.17) is 23.2 Å². The minimum atomic E-state index is -3.85. The van der Waals surface area contributed by atoms with Gasteiger partial charge in [0.25, 0.3) is 0 Å². The van der Waals surface area contributed by atoms with Crippen molar-refractivity contribution in [1.82, 2.24) is 9.21 Å². The van der Waals surface area contributed by atoms with Crippen LogP contribution in [0.15, 0.2) is 71.6 Å². The van der Waals surface area contributed by atoms with Gasteiger partial charge in [-0.1, -0.05) is 47.5 Å². The monoisotopic (exact) mass is 589 g/mol. The number of nitrogens with zero attached hydrogens (tertiary/aromatic N) is 3. The molecule has 0 bridgehead atoms. The van der Waals surface area contributed by atoms with Crippen molar-refractivity contribution in [2.75, 3.05) is 44.2 Å². The summed E-state index contributed by atoms with van der Waals surface area (Å²) >= 11 is 12.3. The maximum atomic E-state index is 14.0. The van der Waals surface area contributed by atoms with Crippen molar-refractivity contribution in [3.05, 3.63) is 93.7 Å². The number of aryl methyl sites for hydroxylation is 1. The van der Waals surface area contributed by atoms with Gasteiger partial charge in [0.1, 0.15) is 5.82 Å². The van der Waals surface area contributed by atoms with E-state index in [1.54, 1.807) is 24.3 Å². The second-order valence-corrected chi connectivity index (χ2v) is 12.9. The first-order valence-electron chi connectivity index (χ1n) is 12.9. The molecule has 2 atom stereocenters. The number of halogens is 3. The molecule has 2 fully saturated rings. The zero-order valence-electron chi connectivity index (χ0n) is 21.6. The van der Waals surface area contributed by atoms with E-state index in [-0.39, 0.29) is 35.6 Å². The van der Waals surface area contributed by atoms with E-state index >= 15 is 0 Å². The highest BCUT2D eigenvalue weighted by Gasteiger charge is 2.42. The summed E-state index contributed by atoms with van der Waals surface area (Å²) in [5, 5.41) is 0.997. The fourth-order valence-corrected chi connectivity index (χ4v) is 7.55. The SMILES string of the molecule is Cc1ccc(Cl)cc1N1CCN(C(=O)[C@@H]2CN(S(=O)(=O)c3cccc(Cl)c3)CC[C@H]2c2ccc(F)cc2)CC1. The van der Waals surface area contributed by atoms with Crippen LogP contribution in [-0.4, -0.2) is 62.8 Å². The molecule has 6 nitrogen and oxygen atoms in total. The molecule has 3 aromatic carbocycles. The van der Waals surface area contributed by atoms with Gasteiger partial charge in [-0.05, 0) is 72.9 Å². The molecule has 0 aromatic heterocycles. The Labute approximate surface area is 239 Å². The number of rotatable bonds is 5. The number of carbonyl (C=O) groups is 1. The van der Waals surface area contributed by atoms with Gasteiger partial charge in [-0.25, -0.2) is 12.8 Å². The first kappa shape index (κ1) is 27.9. The Bertz CT molecular complexity index is 1460. The number of benzene rings is 3. The quantitative estimate of drug-likeness (QED) is 0.389. The number of piperidine rings is 1. The second kappa shape index (κ2) is 11.5. The van der Waals surface area contributed by atoms with Gasteiger partial charge in [0.15, 0.2) is 0 Å². The minimum absolute atomic E-state index is 0.0450. The number of amides is 1. The van der Waals surface area contributed by atoms with Crippen molar-refractivity contribution >= 4 is 44.8 Å². The third-order valence-electron chi connectivity index (χ3n) is 7.73. The van der Waals surface area contributed by atoms with E-state index < -0.39 is 15.9 Å². The molecule has 206 valence electrons. The summed E-state index contributed by atoms with van der Waals surface area (Å²) in [6.07, 6.45) is 0.448. The van der Waals surface area contributed by atoms with E-state index in [9.17, 15) is 17.6 Å². The molecule has 2 aliphatic heterocycles. The average molecular weight is 591 g/mol. The highest BCUT2D eigenvalue weighted by atomic mass is 35.5. The number of sulfonamides is 1. The minimum Gasteiger partial charge on any atom is -0.368 e. The first-order chi connectivity index (χ1) is 18.6. The summed E-state index contributed by atoms with van der Waals surface area (Å²) < 4.78 is 42.1. The maximum absolute atomic E-state index is 14.0. The molecular formula is C29H30Cl2FN3O3S. The topological polar surface area (TPSA) is 60.9 Å². The highest BCUT2D eigenvalue weighted by molar-refractivity contribution is 7.89. The summed E-state index contributed by atoms with van der Waals surface area (Å²) in [5.41, 5.74) is 3.00. The predicted molar refractivity (Wildman–Crippen MR) is 152 cm³/mol. The lowest BCUT2D eigenvalue weighted by Crippen LogP contribution is -2.54. The Balaban J connectivity index is 1.38. The van der Waals surface area contributed by atoms with Gasteiger partial charge in [-0.2, -0.15) is 4.31 Å². The highest BCUT2D eigenvalue weighted by Crippen LogP contribution is 2.37. The smallest absolute Gasteiger partial charge is 0.243 e. The summed E-state index contributed by atoms with van der Waals surface area (Å²) in [4.78, 5) is 18.2. The van der Waals surface area contributed by atoms with Crippen molar-refractivity contribution < 1.29 is 17.6 Å². The molecule has 0 spiro atoms. The fourth-order valence-electron chi connectivity index (χ4n) is 5.60. The van der Waals surface area contributed by atoms with Crippen LogP contribution < -0.4 is 4.90 Å². The van der Waals surface area contributed by atoms with E-state index in [2.05, 4.69) is 4.90 Å². The normalized spacial score (nSPS) is 20.7. The molecule has 1 amide bonds. The van der Waals surface area contributed by atoms with Crippen LogP contribution in [0.25, 0.3) is 0 Å². The van der Waals surface area contributed by atoms with Crippen LogP contribution in [0.1, 0.15) is 23.5 Å². The second-order valence-electron chi connectivity index (χ2n) is 10.1. The Morgan fingerprint density at radius 2 is 1.59 bits per heavy atom. The van der Waals surface area contributed by atoms with Gasteiger partial charge >= 0.3 is 0 Å². The van der Waals surface area contributed by atoms with E-state index in [0.29, 0.717) is 42.6 Å². The van der Waals surface area contributed by atoms with Crippen molar-refractivity contribution in [2.45, 2.75) is 24.2 Å². The van der Waals surface area contributed by atoms with Crippen molar-refractivity contribution in [3.63, 3.8) is 0 Å². The molecule has 39 heavy (non-hydrogen) atoms. The van der Waals surface area contributed by atoms with Crippen LogP contribution in [0.3, 0.4) is 0 Å². The van der Waals surface area contributed by atoms with E-state index in [0.717, 1.165) is 16.8 Å². The van der Waals surface area contributed by atoms with Gasteiger partial charge in [0.05, 0.1) is 10.8 Å². The third kappa shape index (κ3) is 5.94. The molecule has 0 radical (unpaired) electrons. The van der Waals surface area contributed by atoms with Crippen molar-refractivity contribution in [1.29, 1.82) is 0 Å². The fraction of sp³-hybridized carbons (Fsp3) is 0.345. The number of hydrogen-bond acceptors (Lipinski definition) is 4. The average Bonchev–Trinajstić information content (AvgIpc) is 2.94. The summed E-state index contributed by atoms with van der Waals surface area (Å²) in [6, 6.07) is 18.1. The van der Waals surface area contributed by atoms with Crippen LogP contribution in [0.4, 0.5) is 10.1 Å². The zero-order valence-corrected chi connectivity index (χ0v) is 23.9. The molecule has 2 aliphatic rings. The molecule has 0 saturated carbocycles. The molecule has 0 unspecified atom stereocenters. The van der Waals surface area contributed by atoms with Crippen LogP contribution >= 0.6 is 23.2 Å². The van der Waals surface area contributed by atoms with Crippen molar-refractivity contribution in [2.24, 2.45) is 5.92 Å². The number of hydrogen-bond donors (Lipinski definition) is 0. The van der Waals surface area contributed by atoms with Gasteiger partial charge in [0.2, 0.25) is 15.9 Å². The third-order valence-corrected chi connectivity index (χ3v) is 10.1. The van der Waals surface area contributed by atoms with Crippen LogP contribution in [0, 0.1) is 18.7 Å². The largest absolute Gasteiger partial charge is 0.368 e. The Morgan fingerprint density at radius 1 is 0.897 bits per heavy atom. The number of piperazine rings is 1. The lowest BCUT2D eigenvalue weighted by atomic mass is 9.80. The van der Waals surface area contributed by atoms with Gasteiger partial charge in [0, 0.05) is 55.0 Å². The van der Waals surface area contributed by atoms with E-state index in [1.165, 1.54) is 28.6 Å². The Morgan fingerprint density at radius 3 is 2.28 bits per heavy atom. The van der Waals surface area contributed by atoms with Gasteiger partial charge < -0.3 is 9.80 Å². The Hall–Kier alpha value is -2.65. The number of anilines is 1. The summed E-state index contributed by atoms with van der Waals surface area (Å²) in [5.74, 6) is -1.26. The van der Waals surface area contributed by atoms with Crippen LogP contribution in [0.5, 0.6) is 0 Å². The Kier molecular flexibility index (Phi) is 8.19. The van der Waals surface area contributed by atoms with Crippen LogP contribution in [-0.2, 0) is 14.8 Å². The molecular weight excluding hydrogens is 560 g/mol. The predicted octanol–water partition coefficient (Wildman–Crippen LogP) is 5.58. The molecule has 5 rings (SSSR count). The van der Waals surface area contributed by atoms with Gasteiger partial charge in [-0.15, -0.1) is 0 Å². The lowest BCUT2D eigenvalue weighted by Gasteiger charge is -2.42. The maximum Gasteiger partial charge on any atom is 0.243 e. The van der Waals surface area contributed by atoms with Gasteiger partial charge in [-0.3, -0.25) is 4.79 Å². The summed E-state index contributed by atoms with van der Waals surface area (Å²) in [7, 11) is -3.85. The standard InChI is InChI=1S/C29H30Cl2FN3O3S/c1-20-5-8-23(31)18-28(20)33-13-15-34(16-14-33)29(36)27-19-35(39(37,38)25-4-2-3-22(30)17-25)12-11-26(27)21-6-9-24(32)10-7-21/h2-10,17-18,26-27H,11-16,19H2,1H3/t26-,27+/m0/s1. The molecule has 10 heteroatoms. The van der Waals surface area contributed by atoms with E-state index in [1.807, 2.05) is 30.0 Å². The van der Waals surface area contributed by atoms with Crippen molar-refractivity contribution in [3.8, 4) is 0 Å². The molecule has 2 heterocycles. The number of carbonyl (C=O) groups excluding carboxylic acids is 1. The van der Waals surface area contributed by atoms with Crippen LogP contribution in [0.2, 0.25) is 10.0 Å². The lowest BCUT2D eigenvalue weighted by molar-refractivity contribution is -0.137. The first-order valence-corrected chi connectivity index (χ1v) is 15.1. The molecule has 0 aliphatic carbocycles.